The van der Waals surface area contributed by atoms with Crippen molar-refractivity contribution in [2.24, 2.45) is 0 Å². The smallest absolute Gasteiger partial charge is 0.231 e. The fourth-order valence-electron chi connectivity index (χ4n) is 4.24. The van der Waals surface area contributed by atoms with Crippen molar-refractivity contribution in [3.63, 3.8) is 0 Å². The molecule has 1 N–H and O–H groups in total. The molecule has 4 aromatic rings. The summed E-state index contributed by atoms with van der Waals surface area (Å²) in [4.78, 5) is 13.3. The van der Waals surface area contributed by atoms with E-state index in [0.717, 1.165) is 21.9 Å². The normalized spacial score (nSPS) is 11.6. The minimum atomic E-state index is -1.14. The van der Waals surface area contributed by atoms with E-state index >= 15 is 0 Å². The number of hydrogen-bond acceptors (Lipinski definition) is 3. The summed E-state index contributed by atoms with van der Waals surface area (Å²) >= 11 is 0. The number of nitrogens with one attached hydrogen (secondary N) is 1. The third kappa shape index (κ3) is 6.10. The van der Waals surface area contributed by atoms with Crippen molar-refractivity contribution < 1.29 is 22.7 Å². The number of halogens is 3. The lowest BCUT2D eigenvalue weighted by atomic mass is 9.94. The predicted molar refractivity (Wildman–Crippen MR) is 137 cm³/mol. The van der Waals surface area contributed by atoms with Crippen molar-refractivity contribution in [1.82, 2.24) is 0 Å². The van der Waals surface area contributed by atoms with Crippen molar-refractivity contribution in [2.45, 2.75) is 38.7 Å². The van der Waals surface area contributed by atoms with Gasteiger partial charge in [-0.3, -0.25) is 4.79 Å². The van der Waals surface area contributed by atoms with E-state index in [2.05, 4.69) is 11.4 Å². The SMILES string of the molecule is CC(C(=O)Nc1cc(COc2c(F)cc(F)cc2F)ccc1CCCC#N)c1cccc2ccccc12. The Hall–Kier alpha value is -4.31. The molecule has 0 fully saturated rings. The molecule has 4 rings (SSSR count). The third-order valence-electron chi connectivity index (χ3n) is 6.20. The van der Waals surface area contributed by atoms with E-state index in [1.165, 1.54) is 0 Å². The standard InChI is InChI=1S/C30H25F3N2O2/c1-19(24-11-6-9-21-7-2-3-10-25(21)24)30(36)35-28-15-20(12-13-22(28)8-4-5-14-34)18-37-29-26(32)16-23(31)17-27(29)33/h2-3,6-7,9-13,15-17,19H,4-5,8,18H2,1H3,(H,35,36). The van der Waals surface area contributed by atoms with Crippen LogP contribution in [-0.2, 0) is 17.8 Å². The highest BCUT2D eigenvalue weighted by atomic mass is 19.1. The lowest BCUT2D eigenvalue weighted by Crippen LogP contribution is -2.20. The number of hydrogen-bond donors (Lipinski definition) is 1. The topological polar surface area (TPSA) is 62.1 Å². The Bertz CT molecular complexity index is 1450. The number of unbranched alkanes of at least 4 members (excludes halogenated alkanes) is 1. The number of nitrogens with zero attached hydrogens (tertiary/aromatic N) is 1. The summed E-state index contributed by atoms with van der Waals surface area (Å²) in [5, 5.41) is 13.9. The summed E-state index contributed by atoms with van der Waals surface area (Å²) in [6.07, 6.45) is 1.54. The average Bonchev–Trinajstić information content (AvgIpc) is 2.88. The molecule has 1 amide bonds. The Labute approximate surface area is 213 Å². The Kier molecular flexibility index (Phi) is 8.09. The Morgan fingerprint density at radius 3 is 2.49 bits per heavy atom. The van der Waals surface area contributed by atoms with Crippen molar-refractivity contribution in [3.05, 3.63) is 107 Å². The second-order valence-electron chi connectivity index (χ2n) is 8.77. The predicted octanol–water partition coefficient (Wildman–Crippen LogP) is 7.42. The zero-order valence-corrected chi connectivity index (χ0v) is 20.2. The molecule has 0 aliphatic carbocycles. The van der Waals surface area contributed by atoms with Gasteiger partial charge in [0.25, 0.3) is 0 Å². The fourth-order valence-corrected chi connectivity index (χ4v) is 4.24. The first kappa shape index (κ1) is 25.8. The number of anilines is 1. The van der Waals surface area contributed by atoms with Crippen LogP contribution in [0, 0.1) is 28.8 Å². The van der Waals surface area contributed by atoms with Gasteiger partial charge in [-0.2, -0.15) is 5.26 Å². The molecular formula is C30H25F3N2O2. The van der Waals surface area contributed by atoms with Crippen LogP contribution in [0.5, 0.6) is 5.75 Å². The molecule has 188 valence electrons. The number of carbonyl (C=O) groups is 1. The molecule has 7 heteroatoms. The van der Waals surface area contributed by atoms with Gasteiger partial charge in [-0.1, -0.05) is 54.6 Å². The molecule has 0 saturated heterocycles. The number of nitriles is 1. The Morgan fingerprint density at radius 2 is 1.73 bits per heavy atom. The van der Waals surface area contributed by atoms with Crippen LogP contribution in [0.25, 0.3) is 10.8 Å². The minimum Gasteiger partial charge on any atom is -0.483 e. The third-order valence-corrected chi connectivity index (χ3v) is 6.20. The van der Waals surface area contributed by atoms with Crippen molar-refractivity contribution >= 4 is 22.4 Å². The number of fused-ring (bicyclic) bond motifs is 1. The second kappa shape index (κ2) is 11.6. The molecule has 1 unspecified atom stereocenters. The van der Waals surface area contributed by atoms with Crippen LogP contribution in [0.2, 0.25) is 0 Å². The van der Waals surface area contributed by atoms with Gasteiger partial charge in [-0.25, -0.2) is 13.2 Å². The van der Waals surface area contributed by atoms with E-state index in [4.69, 9.17) is 10.00 Å². The Morgan fingerprint density at radius 1 is 1.00 bits per heavy atom. The van der Waals surface area contributed by atoms with Crippen molar-refractivity contribution in [1.29, 1.82) is 5.26 Å². The summed E-state index contributed by atoms with van der Waals surface area (Å²) < 4.78 is 46.4. The van der Waals surface area contributed by atoms with Crippen LogP contribution in [0.15, 0.2) is 72.8 Å². The highest BCUT2D eigenvalue weighted by Gasteiger charge is 2.19. The maximum atomic E-state index is 14.0. The van der Waals surface area contributed by atoms with Gasteiger partial charge >= 0.3 is 0 Å². The fraction of sp³-hybridized carbons (Fsp3) is 0.200. The molecule has 0 saturated carbocycles. The molecule has 0 heterocycles. The molecule has 0 aliphatic heterocycles. The largest absolute Gasteiger partial charge is 0.483 e. The number of amides is 1. The summed E-state index contributed by atoms with van der Waals surface area (Å²) in [5.74, 6) is -4.65. The highest BCUT2D eigenvalue weighted by Crippen LogP contribution is 2.29. The molecular weight excluding hydrogens is 477 g/mol. The van der Waals surface area contributed by atoms with Crippen LogP contribution >= 0.6 is 0 Å². The van der Waals surface area contributed by atoms with Crippen LogP contribution in [0.3, 0.4) is 0 Å². The molecule has 0 aromatic heterocycles. The molecule has 4 nitrogen and oxygen atoms in total. The maximum Gasteiger partial charge on any atom is 0.231 e. The monoisotopic (exact) mass is 502 g/mol. The zero-order chi connectivity index (χ0) is 26.4. The van der Waals surface area contributed by atoms with Gasteiger partial charge in [0.05, 0.1) is 12.0 Å². The lowest BCUT2D eigenvalue weighted by molar-refractivity contribution is -0.117. The van der Waals surface area contributed by atoms with Gasteiger partial charge in [-0.15, -0.1) is 0 Å². The molecule has 0 bridgehead atoms. The average molecular weight is 503 g/mol. The van der Waals surface area contributed by atoms with E-state index < -0.39 is 29.1 Å². The van der Waals surface area contributed by atoms with Crippen LogP contribution in [0.1, 0.15) is 42.4 Å². The van der Waals surface area contributed by atoms with Crippen molar-refractivity contribution in [2.75, 3.05) is 5.32 Å². The van der Waals surface area contributed by atoms with E-state index in [0.29, 0.717) is 42.6 Å². The van der Waals surface area contributed by atoms with E-state index in [1.807, 2.05) is 49.4 Å². The van der Waals surface area contributed by atoms with E-state index in [9.17, 15) is 18.0 Å². The first-order valence-corrected chi connectivity index (χ1v) is 11.9. The zero-order valence-electron chi connectivity index (χ0n) is 20.2. The van der Waals surface area contributed by atoms with Crippen LogP contribution in [-0.4, -0.2) is 5.91 Å². The summed E-state index contributed by atoms with van der Waals surface area (Å²) in [6, 6.07) is 22.1. The molecule has 0 aliphatic rings. The van der Waals surface area contributed by atoms with Crippen LogP contribution < -0.4 is 10.1 Å². The van der Waals surface area contributed by atoms with Gasteiger partial charge in [0.1, 0.15) is 12.4 Å². The molecule has 1 atom stereocenters. The summed E-state index contributed by atoms with van der Waals surface area (Å²) in [6.45, 7) is 1.64. The van der Waals surface area contributed by atoms with Crippen molar-refractivity contribution in [3.8, 4) is 11.8 Å². The first-order valence-electron chi connectivity index (χ1n) is 11.9. The Balaban J connectivity index is 1.57. The molecule has 0 spiro atoms. The van der Waals surface area contributed by atoms with Gasteiger partial charge in [0.2, 0.25) is 5.91 Å². The van der Waals surface area contributed by atoms with Gasteiger partial charge in [-0.05, 0) is 53.3 Å². The van der Waals surface area contributed by atoms with Gasteiger partial charge < -0.3 is 10.1 Å². The lowest BCUT2D eigenvalue weighted by Gasteiger charge is -2.18. The van der Waals surface area contributed by atoms with Gasteiger partial charge in [0, 0.05) is 24.2 Å². The summed E-state index contributed by atoms with van der Waals surface area (Å²) in [7, 11) is 0. The van der Waals surface area contributed by atoms with E-state index in [1.54, 1.807) is 18.2 Å². The number of aryl methyl sites for hydroxylation is 1. The molecule has 0 radical (unpaired) electrons. The number of ether oxygens (including phenoxy) is 1. The summed E-state index contributed by atoms with van der Waals surface area (Å²) in [5.41, 5.74) is 2.82. The number of carbonyl (C=O) groups excluding carboxylic acids is 1. The van der Waals surface area contributed by atoms with Gasteiger partial charge in [0.15, 0.2) is 17.4 Å². The number of rotatable bonds is 9. The van der Waals surface area contributed by atoms with E-state index in [-0.39, 0.29) is 12.5 Å². The highest BCUT2D eigenvalue weighted by molar-refractivity contribution is 5.99. The molecule has 37 heavy (non-hydrogen) atoms. The van der Waals surface area contributed by atoms with Crippen LogP contribution in [0.4, 0.5) is 18.9 Å². The first-order chi connectivity index (χ1) is 17.9. The quantitative estimate of drug-likeness (QED) is 0.242. The molecule has 4 aromatic carbocycles. The minimum absolute atomic E-state index is 0.195. The maximum absolute atomic E-state index is 14.0. The second-order valence-corrected chi connectivity index (χ2v) is 8.77. The number of benzene rings is 4.